The molecule has 1 N–H and O–H groups in total. The molecule has 0 bridgehead atoms. The van der Waals surface area contributed by atoms with Crippen LogP contribution < -0.4 is 10.2 Å². The monoisotopic (exact) mass is 404 g/mol. The van der Waals surface area contributed by atoms with Crippen LogP contribution in [0, 0.1) is 0 Å². The van der Waals surface area contributed by atoms with E-state index in [2.05, 4.69) is 32.2 Å². The lowest BCUT2D eigenvalue weighted by Crippen LogP contribution is -2.37. The van der Waals surface area contributed by atoms with Crippen LogP contribution in [0.2, 0.25) is 0 Å². The highest BCUT2D eigenvalue weighted by Gasteiger charge is 2.16. The number of benzene rings is 2. The number of nitrogens with one attached hydrogen (secondary N) is 1. The van der Waals surface area contributed by atoms with Gasteiger partial charge in [-0.1, -0.05) is 52.3 Å². The fraction of sp³-hybridized carbons (Fsp3) is 0.316. The fourth-order valence-electron chi connectivity index (χ4n) is 2.73. The summed E-state index contributed by atoms with van der Waals surface area (Å²) in [6.45, 7) is 3.83. The fourth-order valence-corrected chi connectivity index (χ4v) is 3.08. The predicted molar refractivity (Wildman–Crippen MR) is 101 cm³/mol. The van der Waals surface area contributed by atoms with Crippen molar-refractivity contribution in [1.29, 1.82) is 0 Å². The summed E-state index contributed by atoms with van der Waals surface area (Å²) in [6, 6.07) is 15.7. The van der Waals surface area contributed by atoms with E-state index in [9.17, 15) is 4.79 Å². The largest absolute Gasteiger partial charge is 0.445 e. The van der Waals surface area contributed by atoms with Gasteiger partial charge in [-0.15, -0.1) is 0 Å². The van der Waals surface area contributed by atoms with Gasteiger partial charge in [-0.25, -0.2) is 4.79 Å². The molecule has 0 aliphatic carbocycles. The third kappa shape index (κ3) is 5.21. The Balaban J connectivity index is 1.57. The van der Waals surface area contributed by atoms with Crippen LogP contribution in [0.3, 0.4) is 0 Å². The molecule has 1 aliphatic rings. The summed E-state index contributed by atoms with van der Waals surface area (Å²) in [4.78, 5) is 14.2. The molecule has 0 saturated carbocycles. The smallest absolute Gasteiger partial charge is 0.407 e. The number of nitrogens with zero attached hydrogens (tertiary/aromatic N) is 1. The number of amides is 1. The van der Waals surface area contributed by atoms with Gasteiger partial charge in [-0.3, -0.25) is 0 Å². The van der Waals surface area contributed by atoms with Crippen molar-refractivity contribution in [3.63, 3.8) is 0 Å². The summed E-state index contributed by atoms with van der Waals surface area (Å²) >= 11 is 3.52. The first-order valence-electron chi connectivity index (χ1n) is 8.28. The summed E-state index contributed by atoms with van der Waals surface area (Å²) in [7, 11) is 0. The van der Waals surface area contributed by atoms with Gasteiger partial charge in [-0.2, -0.15) is 0 Å². The highest BCUT2D eigenvalue weighted by atomic mass is 79.9. The lowest BCUT2D eigenvalue weighted by molar-refractivity contribution is 0.122. The van der Waals surface area contributed by atoms with Crippen LogP contribution in [0.25, 0.3) is 0 Å². The molecule has 0 aromatic heterocycles. The maximum absolute atomic E-state index is 12.0. The Morgan fingerprint density at radius 1 is 1.16 bits per heavy atom. The number of ether oxygens (including phenoxy) is 2. The SMILES string of the molecule is O=C(NCc1ccc(Br)cc1N1CCOCC1)OCc1ccccc1. The van der Waals surface area contributed by atoms with Gasteiger partial charge in [0.1, 0.15) is 6.61 Å². The van der Waals surface area contributed by atoms with Gasteiger partial charge in [0, 0.05) is 29.8 Å². The number of hydrogen-bond acceptors (Lipinski definition) is 4. The number of hydrogen-bond donors (Lipinski definition) is 1. The Morgan fingerprint density at radius 2 is 1.92 bits per heavy atom. The van der Waals surface area contributed by atoms with E-state index in [0.29, 0.717) is 6.54 Å². The summed E-state index contributed by atoms with van der Waals surface area (Å²) in [5, 5.41) is 2.83. The van der Waals surface area contributed by atoms with E-state index in [1.165, 1.54) is 0 Å². The van der Waals surface area contributed by atoms with Gasteiger partial charge in [0.05, 0.1) is 13.2 Å². The third-order valence-electron chi connectivity index (χ3n) is 4.04. The highest BCUT2D eigenvalue weighted by Crippen LogP contribution is 2.26. The lowest BCUT2D eigenvalue weighted by atomic mass is 10.1. The summed E-state index contributed by atoms with van der Waals surface area (Å²) in [6.07, 6.45) is -0.417. The molecule has 0 unspecified atom stereocenters. The number of carbonyl (C=O) groups is 1. The first-order chi connectivity index (χ1) is 12.2. The van der Waals surface area contributed by atoms with Crippen LogP contribution in [0.1, 0.15) is 11.1 Å². The number of halogens is 1. The Kier molecular flexibility index (Phi) is 6.30. The number of alkyl carbamates (subject to hydrolysis) is 1. The maximum Gasteiger partial charge on any atom is 0.407 e. The molecule has 1 aliphatic heterocycles. The average Bonchev–Trinajstić information content (AvgIpc) is 2.67. The molecule has 6 heteroatoms. The molecule has 1 saturated heterocycles. The molecule has 0 atom stereocenters. The van der Waals surface area contributed by atoms with Crippen LogP contribution in [0.15, 0.2) is 53.0 Å². The first-order valence-corrected chi connectivity index (χ1v) is 9.07. The molecule has 0 radical (unpaired) electrons. The van der Waals surface area contributed by atoms with Crippen LogP contribution in [0.5, 0.6) is 0 Å². The molecular formula is C19H21BrN2O3. The molecular weight excluding hydrogens is 384 g/mol. The molecule has 1 amide bonds. The van der Waals surface area contributed by atoms with Gasteiger partial charge in [0.25, 0.3) is 0 Å². The average molecular weight is 405 g/mol. The Labute approximate surface area is 156 Å². The van der Waals surface area contributed by atoms with Crippen molar-refractivity contribution in [1.82, 2.24) is 5.32 Å². The van der Waals surface area contributed by atoms with Crippen molar-refractivity contribution >= 4 is 27.7 Å². The van der Waals surface area contributed by atoms with Crippen LogP contribution >= 0.6 is 15.9 Å². The number of anilines is 1. The zero-order chi connectivity index (χ0) is 17.5. The van der Waals surface area contributed by atoms with Crippen molar-refractivity contribution < 1.29 is 14.3 Å². The highest BCUT2D eigenvalue weighted by molar-refractivity contribution is 9.10. The van der Waals surface area contributed by atoms with Crippen molar-refractivity contribution in [2.24, 2.45) is 0 Å². The quantitative estimate of drug-likeness (QED) is 0.824. The third-order valence-corrected chi connectivity index (χ3v) is 4.53. The van der Waals surface area contributed by atoms with Crippen LogP contribution in [-0.2, 0) is 22.6 Å². The number of rotatable bonds is 5. The summed E-state index contributed by atoms with van der Waals surface area (Å²) in [5.74, 6) is 0. The van der Waals surface area contributed by atoms with E-state index < -0.39 is 6.09 Å². The van der Waals surface area contributed by atoms with E-state index in [1.54, 1.807) is 0 Å². The minimum absolute atomic E-state index is 0.267. The van der Waals surface area contributed by atoms with Gasteiger partial charge in [0.2, 0.25) is 0 Å². The first kappa shape index (κ1) is 17.8. The normalized spacial score (nSPS) is 14.2. The van der Waals surface area contributed by atoms with Crippen LogP contribution in [-0.4, -0.2) is 32.4 Å². The summed E-state index contributed by atoms with van der Waals surface area (Å²) in [5.41, 5.74) is 3.14. The second-order valence-electron chi connectivity index (χ2n) is 5.79. The minimum atomic E-state index is -0.417. The van der Waals surface area contributed by atoms with Crippen molar-refractivity contribution in [3.05, 3.63) is 64.1 Å². The Morgan fingerprint density at radius 3 is 2.68 bits per heavy atom. The maximum atomic E-state index is 12.0. The lowest BCUT2D eigenvalue weighted by Gasteiger charge is -2.30. The molecule has 1 heterocycles. The van der Waals surface area contributed by atoms with E-state index >= 15 is 0 Å². The Hall–Kier alpha value is -2.05. The van der Waals surface area contributed by atoms with Gasteiger partial charge in [-0.05, 0) is 23.3 Å². The second-order valence-corrected chi connectivity index (χ2v) is 6.70. The van der Waals surface area contributed by atoms with E-state index in [-0.39, 0.29) is 6.61 Å². The number of carbonyl (C=O) groups excluding carboxylic acids is 1. The zero-order valence-corrected chi connectivity index (χ0v) is 15.5. The summed E-state index contributed by atoms with van der Waals surface area (Å²) < 4.78 is 11.7. The number of morpholine rings is 1. The minimum Gasteiger partial charge on any atom is -0.445 e. The molecule has 0 spiro atoms. The molecule has 5 nitrogen and oxygen atoms in total. The zero-order valence-electron chi connectivity index (χ0n) is 13.9. The molecule has 25 heavy (non-hydrogen) atoms. The second kappa shape index (κ2) is 8.87. The molecule has 132 valence electrons. The van der Waals surface area contributed by atoms with Crippen molar-refractivity contribution in [2.45, 2.75) is 13.2 Å². The molecule has 3 rings (SSSR count). The van der Waals surface area contributed by atoms with Gasteiger partial charge in [0.15, 0.2) is 0 Å². The standard InChI is InChI=1S/C19H21BrN2O3/c20-17-7-6-16(18(12-17)22-8-10-24-11-9-22)13-21-19(23)25-14-15-4-2-1-3-5-15/h1-7,12H,8-11,13-14H2,(H,21,23). The van der Waals surface area contributed by atoms with E-state index in [4.69, 9.17) is 9.47 Å². The van der Waals surface area contributed by atoms with E-state index in [0.717, 1.165) is 47.6 Å². The Bertz CT molecular complexity index is 703. The van der Waals surface area contributed by atoms with Gasteiger partial charge >= 0.3 is 6.09 Å². The molecule has 1 fully saturated rings. The predicted octanol–water partition coefficient (Wildman–Crippen LogP) is 3.71. The topological polar surface area (TPSA) is 50.8 Å². The molecule has 2 aromatic carbocycles. The van der Waals surface area contributed by atoms with Crippen LogP contribution in [0.4, 0.5) is 10.5 Å². The van der Waals surface area contributed by atoms with Crippen molar-refractivity contribution in [2.75, 3.05) is 31.2 Å². The van der Waals surface area contributed by atoms with E-state index in [1.807, 2.05) is 42.5 Å². The van der Waals surface area contributed by atoms with Gasteiger partial charge < -0.3 is 19.7 Å². The molecule has 2 aromatic rings. The van der Waals surface area contributed by atoms with Crippen molar-refractivity contribution in [3.8, 4) is 0 Å².